The molecule has 2 heterocycles. The van der Waals surface area contributed by atoms with Gasteiger partial charge in [0.15, 0.2) is 5.65 Å². The maximum atomic E-state index is 4.61. The molecule has 0 spiro atoms. The van der Waals surface area contributed by atoms with Crippen LogP contribution in [0, 0.1) is 0 Å². The second-order valence-corrected chi connectivity index (χ2v) is 5.15. The molecule has 2 N–H and O–H groups in total. The van der Waals surface area contributed by atoms with Crippen LogP contribution >= 0.6 is 0 Å². The molecule has 0 amide bonds. The number of H-pyrrole nitrogens is 1. The lowest BCUT2D eigenvalue weighted by molar-refractivity contribution is 0.416. The molecular formula is C13H23N7. The SMILES string of the molecule is CCCNc1nc(N(C)CCN(C)C)c2cn[nH]c2n1. The zero-order valence-corrected chi connectivity index (χ0v) is 12.6. The van der Waals surface area contributed by atoms with E-state index in [9.17, 15) is 0 Å². The molecule has 0 fully saturated rings. The van der Waals surface area contributed by atoms with E-state index < -0.39 is 0 Å². The highest BCUT2D eigenvalue weighted by molar-refractivity contribution is 5.87. The molecule has 0 saturated carbocycles. The van der Waals surface area contributed by atoms with Gasteiger partial charge in [0.2, 0.25) is 5.95 Å². The van der Waals surface area contributed by atoms with Gasteiger partial charge in [0.1, 0.15) is 5.82 Å². The van der Waals surface area contributed by atoms with Crippen molar-refractivity contribution in [2.45, 2.75) is 13.3 Å². The van der Waals surface area contributed by atoms with Gasteiger partial charge >= 0.3 is 0 Å². The van der Waals surface area contributed by atoms with E-state index in [1.54, 1.807) is 6.20 Å². The quantitative estimate of drug-likeness (QED) is 0.791. The molecule has 0 aliphatic rings. The van der Waals surface area contributed by atoms with Crippen molar-refractivity contribution >= 4 is 22.8 Å². The van der Waals surface area contributed by atoms with E-state index in [1.165, 1.54) is 0 Å². The van der Waals surface area contributed by atoms with Crippen molar-refractivity contribution in [2.24, 2.45) is 0 Å². The summed E-state index contributed by atoms with van der Waals surface area (Å²) in [6, 6.07) is 0. The molecule has 0 atom stereocenters. The third-order valence-electron chi connectivity index (χ3n) is 3.07. The molecule has 0 bridgehead atoms. The highest BCUT2D eigenvalue weighted by atomic mass is 15.3. The second-order valence-electron chi connectivity index (χ2n) is 5.15. The van der Waals surface area contributed by atoms with Gasteiger partial charge in [-0.25, -0.2) is 0 Å². The van der Waals surface area contributed by atoms with Gasteiger partial charge in [0.05, 0.1) is 11.6 Å². The summed E-state index contributed by atoms with van der Waals surface area (Å²) < 4.78 is 0. The van der Waals surface area contributed by atoms with Crippen LogP contribution in [-0.4, -0.2) is 65.8 Å². The van der Waals surface area contributed by atoms with Gasteiger partial charge in [-0.05, 0) is 20.5 Å². The van der Waals surface area contributed by atoms with E-state index in [2.05, 4.69) is 56.3 Å². The molecule has 2 aromatic heterocycles. The van der Waals surface area contributed by atoms with Gasteiger partial charge in [0, 0.05) is 26.7 Å². The van der Waals surface area contributed by atoms with Crippen LogP contribution in [0.3, 0.4) is 0 Å². The first kappa shape index (κ1) is 14.5. The molecule has 0 aliphatic heterocycles. The molecule has 7 nitrogen and oxygen atoms in total. The third kappa shape index (κ3) is 3.36. The van der Waals surface area contributed by atoms with Crippen molar-refractivity contribution in [2.75, 3.05) is 51.0 Å². The van der Waals surface area contributed by atoms with E-state index >= 15 is 0 Å². The minimum Gasteiger partial charge on any atom is -0.358 e. The highest BCUT2D eigenvalue weighted by Crippen LogP contribution is 2.22. The number of nitrogens with one attached hydrogen (secondary N) is 2. The van der Waals surface area contributed by atoms with Crippen molar-refractivity contribution in [1.82, 2.24) is 25.1 Å². The minimum atomic E-state index is 0.648. The fourth-order valence-electron chi connectivity index (χ4n) is 1.88. The van der Waals surface area contributed by atoms with Gasteiger partial charge in [-0.1, -0.05) is 6.92 Å². The van der Waals surface area contributed by atoms with Crippen molar-refractivity contribution in [3.05, 3.63) is 6.20 Å². The number of anilines is 2. The Morgan fingerprint density at radius 3 is 2.70 bits per heavy atom. The van der Waals surface area contributed by atoms with E-state index in [0.717, 1.165) is 42.9 Å². The Hall–Kier alpha value is -1.89. The van der Waals surface area contributed by atoms with E-state index in [-0.39, 0.29) is 0 Å². The summed E-state index contributed by atoms with van der Waals surface area (Å²) in [6.45, 7) is 4.85. The fraction of sp³-hybridized carbons (Fsp3) is 0.615. The number of aromatic nitrogens is 4. The summed E-state index contributed by atoms with van der Waals surface area (Å²) >= 11 is 0. The first-order valence-electron chi connectivity index (χ1n) is 6.92. The predicted molar refractivity (Wildman–Crippen MR) is 82.3 cm³/mol. The molecule has 0 unspecified atom stereocenters. The van der Waals surface area contributed by atoms with Crippen molar-refractivity contribution in [3.63, 3.8) is 0 Å². The largest absolute Gasteiger partial charge is 0.358 e. The van der Waals surface area contributed by atoms with Crippen LogP contribution in [0.5, 0.6) is 0 Å². The van der Waals surface area contributed by atoms with Gasteiger partial charge in [0.25, 0.3) is 0 Å². The summed E-state index contributed by atoms with van der Waals surface area (Å²) in [5.41, 5.74) is 0.769. The van der Waals surface area contributed by atoms with Crippen molar-refractivity contribution < 1.29 is 0 Å². The lowest BCUT2D eigenvalue weighted by atomic mass is 10.3. The smallest absolute Gasteiger partial charge is 0.226 e. The summed E-state index contributed by atoms with van der Waals surface area (Å²) in [6.07, 6.45) is 2.82. The minimum absolute atomic E-state index is 0.648. The van der Waals surface area contributed by atoms with Crippen LogP contribution in [0.25, 0.3) is 11.0 Å². The first-order chi connectivity index (χ1) is 9.61. The summed E-state index contributed by atoms with van der Waals surface area (Å²) in [4.78, 5) is 13.3. The molecule has 7 heteroatoms. The maximum Gasteiger partial charge on any atom is 0.226 e. The zero-order chi connectivity index (χ0) is 14.5. The Bertz CT molecular complexity index is 549. The Balaban J connectivity index is 2.26. The standard InChI is InChI=1S/C13H23N7/c1-5-6-14-13-16-11-10(9-15-18-11)12(17-13)20(4)8-7-19(2)3/h9H,5-8H2,1-4H3,(H2,14,15,16,17,18). The average Bonchev–Trinajstić information content (AvgIpc) is 2.89. The Kier molecular flexibility index (Phi) is 4.73. The van der Waals surface area contributed by atoms with Crippen LogP contribution in [0.1, 0.15) is 13.3 Å². The first-order valence-corrected chi connectivity index (χ1v) is 6.92. The van der Waals surface area contributed by atoms with Crippen molar-refractivity contribution in [3.8, 4) is 0 Å². The van der Waals surface area contributed by atoms with Crippen LogP contribution in [0.2, 0.25) is 0 Å². The third-order valence-corrected chi connectivity index (χ3v) is 3.07. The van der Waals surface area contributed by atoms with Crippen LogP contribution in [0.4, 0.5) is 11.8 Å². The fourth-order valence-corrected chi connectivity index (χ4v) is 1.88. The lowest BCUT2D eigenvalue weighted by Crippen LogP contribution is -2.29. The maximum absolute atomic E-state index is 4.61. The molecule has 110 valence electrons. The summed E-state index contributed by atoms with van der Waals surface area (Å²) in [7, 11) is 6.17. The Labute approximate surface area is 119 Å². The van der Waals surface area contributed by atoms with Crippen LogP contribution in [-0.2, 0) is 0 Å². The number of aromatic amines is 1. The van der Waals surface area contributed by atoms with Crippen LogP contribution < -0.4 is 10.2 Å². The number of hydrogen-bond acceptors (Lipinski definition) is 6. The van der Waals surface area contributed by atoms with E-state index in [1.807, 2.05) is 7.05 Å². The normalized spacial score (nSPS) is 11.2. The number of nitrogens with zero attached hydrogens (tertiary/aromatic N) is 5. The summed E-state index contributed by atoms with van der Waals surface area (Å²) in [5.74, 6) is 1.56. The van der Waals surface area contributed by atoms with E-state index in [0.29, 0.717) is 5.95 Å². The molecule has 20 heavy (non-hydrogen) atoms. The Morgan fingerprint density at radius 1 is 1.20 bits per heavy atom. The topological polar surface area (TPSA) is 73.0 Å². The second kappa shape index (κ2) is 6.51. The Morgan fingerprint density at radius 2 is 2.00 bits per heavy atom. The zero-order valence-electron chi connectivity index (χ0n) is 12.6. The number of likely N-dealkylation sites (N-methyl/N-ethyl adjacent to an activating group) is 2. The summed E-state index contributed by atoms with van der Waals surface area (Å²) in [5, 5.41) is 11.2. The van der Waals surface area contributed by atoms with Gasteiger partial charge in [-0.15, -0.1) is 0 Å². The van der Waals surface area contributed by atoms with Crippen LogP contribution in [0.15, 0.2) is 6.20 Å². The average molecular weight is 277 g/mol. The van der Waals surface area contributed by atoms with E-state index in [4.69, 9.17) is 0 Å². The molecule has 0 aliphatic carbocycles. The number of rotatable bonds is 7. The molecule has 0 aromatic carbocycles. The number of hydrogen-bond donors (Lipinski definition) is 2. The van der Waals surface area contributed by atoms with Gasteiger partial charge < -0.3 is 15.1 Å². The van der Waals surface area contributed by atoms with Crippen molar-refractivity contribution in [1.29, 1.82) is 0 Å². The molecule has 2 rings (SSSR count). The molecular weight excluding hydrogens is 254 g/mol. The highest BCUT2D eigenvalue weighted by Gasteiger charge is 2.13. The molecule has 0 saturated heterocycles. The number of fused-ring (bicyclic) bond motifs is 1. The lowest BCUT2D eigenvalue weighted by Gasteiger charge is -2.21. The molecule has 2 aromatic rings. The van der Waals surface area contributed by atoms with Gasteiger partial charge in [-0.3, -0.25) is 5.10 Å². The van der Waals surface area contributed by atoms with Gasteiger partial charge in [-0.2, -0.15) is 15.1 Å². The molecule has 0 radical (unpaired) electrons. The predicted octanol–water partition coefficient (Wildman–Crippen LogP) is 1.17. The monoisotopic (exact) mass is 277 g/mol.